The molecule has 2 aliphatic heterocycles. The SMILES string of the molecule is CC1CN(C2=C(Cl)C(=O)N(c3ccc(Cl)c(Cl)c3)C2=O)CCN1c1ccccc1. The van der Waals surface area contributed by atoms with Gasteiger partial charge in [-0.3, -0.25) is 9.59 Å². The molecule has 0 bridgehead atoms. The van der Waals surface area contributed by atoms with Gasteiger partial charge >= 0.3 is 0 Å². The maximum Gasteiger partial charge on any atom is 0.283 e. The van der Waals surface area contributed by atoms with Crippen molar-refractivity contribution in [2.45, 2.75) is 13.0 Å². The van der Waals surface area contributed by atoms with Crippen LogP contribution in [0.1, 0.15) is 6.92 Å². The van der Waals surface area contributed by atoms with Gasteiger partial charge in [0.1, 0.15) is 10.7 Å². The molecule has 1 saturated heterocycles. The summed E-state index contributed by atoms with van der Waals surface area (Å²) in [5.41, 5.74) is 1.71. The fraction of sp³-hybridized carbons (Fsp3) is 0.238. The van der Waals surface area contributed by atoms with E-state index >= 15 is 0 Å². The minimum atomic E-state index is -0.553. The van der Waals surface area contributed by atoms with E-state index in [9.17, 15) is 9.59 Å². The smallest absolute Gasteiger partial charge is 0.283 e. The fourth-order valence-corrected chi connectivity index (χ4v) is 4.37. The Morgan fingerprint density at radius 2 is 1.59 bits per heavy atom. The van der Waals surface area contributed by atoms with E-state index in [0.717, 1.165) is 10.6 Å². The predicted molar refractivity (Wildman–Crippen MR) is 117 cm³/mol. The molecule has 0 aromatic heterocycles. The Morgan fingerprint density at radius 3 is 2.24 bits per heavy atom. The molecule has 2 amide bonds. The van der Waals surface area contributed by atoms with E-state index in [2.05, 4.69) is 24.0 Å². The molecule has 0 aliphatic carbocycles. The highest BCUT2D eigenvalue weighted by Crippen LogP contribution is 2.35. The van der Waals surface area contributed by atoms with E-state index in [1.807, 2.05) is 23.1 Å². The summed E-state index contributed by atoms with van der Waals surface area (Å²) in [5.74, 6) is -0.998. The minimum Gasteiger partial charge on any atom is -0.365 e. The molecule has 2 aromatic rings. The van der Waals surface area contributed by atoms with Gasteiger partial charge in [0.2, 0.25) is 0 Å². The lowest BCUT2D eigenvalue weighted by molar-refractivity contribution is -0.121. The summed E-state index contributed by atoms with van der Waals surface area (Å²) in [7, 11) is 0. The topological polar surface area (TPSA) is 43.9 Å². The number of amides is 2. The predicted octanol–water partition coefficient (Wildman–Crippen LogP) is 4.53. The molecule has 5 nitrogen and oxygen atoms in total. The fourth-order valence-electron chi connectivity index (χ4n) is 3.79. The van der Waals surface area contributed by atoms with Crippen molar-refractivity contribution in [3.8, 4) is 0 Å². The highest BCUT2D eigenvalue weighted by Gasteiger charge is 2.42. The number of para-hydroxylation sites is 1. The Kier molecular flexibility index (Phi) is 5.47. The molecular weight excluding hydrogens is 433 g/mol. The molecule has 2 heterocycles. The van der Waals surface area contributed by atoms with Gasteiger partial charge in [-0.05, 0) is 37.3 Å². The molecule has 2 aliphatic rings. The first kappa shape index (κ1) is 20.1. The van der Waals surface area contributed by atoms with Crippen molar-refractivity contribution in [3.63, 3.8) is 0 Å². The van der Waals surface area contributed by atoms with Crippen molar-refractivity contribution in [3.05, 3.63) is 69.3 Å². The summed E-state index contributed by atoms with van der Waals surface area (Å²) in [6.07, 6.45) is 0. The molecular formula is C21H18Cl3N3O2. The number of imide groups is 1. The number of carbonyl (C=O) groups excluding carboxylic acids is 2. The Balaban J connectivity index is 1.57. The van der Waals surface area contributed by atoms with E-state index in [4.69, 9.17) is 34.8 Å². The molecule has 4 rings (SSSR count). The van der Waals surface area contributed by atoms with Crippen LogP contribution in [0.15, 0.2) is 59.3 Å². The molecule has 2 aromatic carbocycles. The van der Waals surface area contributed by atoms with Crippen LogP contribution in [0.3, 0.4) is 0 Å². The van der Waals surface area contributed by atoms with Crippen molar-refractivity contribution in [1.82, 2.24) is 4.90 Å². The number of piperazine rings is 1. The molecule has 0 N–H and O–H groups in total. The normalized spacial score (nSPS) is 20.1. The van der Waals surface area contributed by atoms with Gasteiger partial charge in [-0.2, -0.15) is 0 Å². The van der Waals surface area contributed by atoms with Gasteiger partial charge in [0.05, 0.1) is 15.7 Å². The highest BCUT2D eigenvalue weighted by atomic mass is 35.5. The zero-order chi connectivity index (χ0) is 20.7. The van der Waals surface area contributed by atoms with Crippen LogP contribution in [0.2, 0.25) is 10.0 Å². The number of benzene rings is 2. The van der Waals surface area contributed by atoms with Crippen LogP contribution < -0.4 is 9.80 Å². The first-order valence-corrected chi connectivity index (χ1v) is 10.3. The molecule has 8 heteroatoms. The number of rotatable bonds is 3. The summed E-state index contributed by atoms with van der Waals surface area (Å²) >= 11 is 18.3. The molecule has 1 unspecified atom stereocenters. The van der Waals surface area contributed by atoms with Gasteiger partial charge in [0, 0.05) is 31.4 Å². The number of hydrogen-bond acceptors (Lipinski definition) is 4. The van der Waals surface area contributed by atoms with Crippen LogP contribution in [-0.2, 0) is 9.59 Å². The average Bonchev–Trinajstić information content (AvgIpc) is 2.93. The monoisotopic (exact) mass is 449 g/mol. The van der Waals surface area contributed by atoms with E-state index < -0.39 is 11.8 Å². The largest absolute Gasteiger partial charge is 0.365 e. The summed E-state index contributed by atoms with van der Waals surface area (Å²) in [5, 5.41) is 0.542. The third kappa shape index (κ3) is 3.59. The second-order valence-corrected chi connectivity index (χ2v) is 8.22. The standard InChI is InChI=1S/C21H18Cl3N3O2/c1-13-12-25(9-10-26(13)14-5-3-2-4-6-14)19-18(24)20(28)27(21(19)29)15-7-8-16(22)17(23)11-15/h2-8,11,13H,9-10,12H2,1H3. The summed E-state index contributed by atoms with van der Waals surface area (Å²) in [6, 6.07) is 14.9. The van der Waals surface area contributed by atoms with Gasteiger partial charge in [-0.25, -0.2) is 4.90 Å². The third-order valence-electron chi connectivity index (χ3n) is 5.20. The highest BCUT2D eigenvalue weighted by molar-refractivity contribution is 6.52. The maximum atomic E-state index is 13.1. The first-order chi connectivity index (χ1) is 13.9. The zero-order valence-electron chi connectivity index (χ0n) is 15.6. The third-order valence-corrected chi connectivity index (χ3v) is 6.28. The molecule has 29 heavy (non-hydrogen) atoms. The molecule has 0 radical (unpaired) electrons. The molecule has 1 atom stereocenters. The van der Waals surface area contributed by atoms with E-state index in [-0.39, 0.29) is 21.8 Å². The number of nitrogens with zero attached hydrogens (tertiary/aromatic N) is 3. The summed E-state index contributed by atoms with van der Waals surface area (Å²) < 4.78 is 0. The molecule has 150 valence electrons. The molecule has 1 fully saturated rings. The summed E-state index contributed by atoms with van der Waals surface area (Å²) in [6.45, 7) is 3.96. The first-order valence-electron chi connectivity index (χ1n) is 9.18. The van der Waals surface area contributed by atoms with Gasteiger partial charge in [-0.15, -0.1) is 0 Å². The number of halogens is 3. The lowest BCUT2D eigenvalue weighted by atomic mass is 10.1. The Morgan fingerprint density at radius 1 is 0.862 bits per heavy atom. The van der Waals surface area contributed by atoms with Crippen molar-refractivity contribution < 1.29 is 9.59 Å². The summed E-state index contributed by atoms with van der Waals surface area (Å²) in [4.78, 5) is 31.1. The van der Waals surface area contributed by atoms with E-state index in [0.29, 0.717) is 30.3 Å². The van der Waals surface area contributed by atoms with Crippen LogP contribution in [0, 0.1) is 0 Å². The number of carbonyl (C=O) groups is 2. The Bertz CT molecular complexity index is 1010. The van der Waals surface area contributed by atoms with E-state index in [1.165, 1.54) is 6.07 Å². The van der Waals surface area contributed by atoms with Crippen molar-refractivity contribution in [2.24, 2.45) is 0 Å². The number of hydrogen-bond donors (Lipinski definition) is 0. The van der Waals surface area contributed by atoms with Crippen molar-refractivity contribution in [2.75, 3.05) is 29.4 Å². The lowest BCUT2D eigenvalue weighted by Gasteiger charge is -2.42. The lowest BCUT2D eigenvalue weighted by Crippen LogP contribution is -2.52. The van der Waals surface area contributed by atoms with Gasteiger partial charge in [0.25, 0.3) is 11.8 Å². The zero-order valence-corrected chi connectivity index (χ0v) is 17.9. The van der Waals surface area contributed by atoms with Crippen LogP contribution >= 0.6 is 34.8 Å². The van der Waals surface area contributed by atoms with E-state index in [1.54, 1.807) is 12.1 Å². The molecule has 0 saturated carbocycles. The van der Waals surface area contributed by atoms with Gasteiger partial charge in [-0.1, -0.05) is 53.0 Å². The minimum absolute atomic E-state index is 0.0681. The van der Waals surface area contributed by atoms with Crippen molar-refractivity contribution in [1.29, 1.82) is 0 Å². The van der Waals surface area contributed by atoms with Gasteiger partial charge < -0.3 is 9.80 Å². The second kappa shape index (κ2) is 7.90. The molecule has 0 spiro atoms. The Hall–Kier alpha value is -2.21. The maximum absolute atomic E-state index is 13.1. The van der Waals surface area contributed by atoms with Crippen LogP contribution in [0.4, 0.5) is 11.4 Å². The van der Waals surface area contributed by atoms with Crippen LogP contribution in [0.5, 0.6) is 0 Å². The van der Waals surface area contributed by atoms with Crippen LogP contribution in [0.25, 0.3) is 0 Å². The number of anilines is 2. The van der Waals surface area contributed by atoms with Gasteiger partial charge in [0.15, 0.2) is 0 Å². The Labute approximate surface area is 184 Å². The average molecular weight is 451 g/mol. The quantitative estimate of drug-likeness (QED) is 0.645. The second-order valence-electron chi connectivity index (χ2n) is 7.03. The van der Waals surface area contributed by atoms with Crippen molar-refractivity contribution >= 4 is 58.0 Å². The van der Waals surface area contributed by atoms with Crippen LogP contribution in [-0.4, -0.2) is 42.4 Å².